The molecule has 11 heteroatoms. The molecular formula is C29H35FN6O3S. The van der Waals surface area contributed by atoms with Crippen LogP contribution in [0, 0.1) is 23.7 Å². The van der Waals surface area contributed by atoms with E-state index in [1.165, 1.54) is 38.2 Å². The molecule has 5 rings (SSSR count). The number of methoxy groups -OCH3 is 1. The Morgan fingerprint density at radius 3 is 2.67 bits per heavy atom. The van der Waals surface area contributed by atoms with Crippen molar-refractivity contribution in [2.45, 2.75) is 64.9 Å². The molecule has 2 aromatic heterocycles. The molecule has 4 heterocycles. The Hall–Kier alpha value is -3.65. The summed E-state index contributed by atoms with van der Waals surface area (Å²) in [5.74, 6) is 7.42. The Labute approximate surface area is 238 Å². The zero-order chi connectivity index (χ0) is 28.8. The number of piperidine rings is 1. The summed E-state index contributed by atoms with van der Waals surface area (Å²) < 4.78 is 19.7. The molecule has 3 unspecified atom stereocenters. The summed E-state index contributed by atoms with van der Waals surface area (Å²) >= 11 is 1.32. The van der Waals surface area contributed by atoms with Gasteiger partial charge in [0.05, 0.1) is 24.6 Å². The van der Waals surface area contributed by atoms with Gasteiger partial charge in [0, 0.05) is 36.2 Å². The summed E-state index contributed by atoms with van der Waals surface area (Å²) in [5.41, 5.74) is 4.27. The number of aromatic nitrogens is 2. The summed E-state index contributed by atoms with van der Waals surface area (Å²) in [4.78, 5) is 36.5. The summed E-state index contributed by atoms with van der Waals surface area (Å²) in [5, 5.41) is 7.18. The van der Waals surface area contributed by atoms with E-state index in [0.29, 0.717) is 52.7 Å². The van der Waals surface area contributed by atoms with Crippen LogP contribution in [0.15, 0.2) is 29.6 Å². The number of nitrogens with zero attached hydrogens (tertiary/aromatic N) is 4. The summed E-state index contributed by atoms with van der Waals surface area (Å²) in [6.45, 7) is 8.00. The van der Waals surface area contributed by atoms with Crippen LogP contribution in [-0.4, -0.2) is 46.0 Å². The maximum Gasteiger partial charge on any atom is 0.259 e. The number of thioether (sulfide) groups is 1. The van der Waals surface area contributed by atoms with Crippen LogP contribution in [-0.2, 0) is 4.79 Å². The highest BCUT2D eigenvalue weighted by atomic mass is 32.2. The monoisotopic (exact) mass is 566 g/mol. The van der Waals surface area contributed by atoms with Gasteiger partial charge in [0.15, 0.2) is 10.5 Å². The summed E-state index contributed by atoms with van der Waals surface area (Å²) in [6.07, 6.45) is 5.04. The minimum absolute atomic E-state index is 0.0281. The summed E-state index contributed by atoms with van der Waals surface area (Å²) in [7, 11) is 1.48. The second-order valence-electron chi connectivity index (χ2n) is 9.72. The average Bonchev–Trinajstić information content (AvgIpc) is 3.70. The zero-order valence-electron chi connectivity index (χ0n) is 23.5. The first-order chi connectivity index (χ1) is 19.3. The van der Waals surface area contributed by atoms with Crippen molar-refractivity contribution in [3.8, 4) is 28.7 Å². The van der Waals surface area contributed by atoms with Crippen molar-refractivity contribution in [3.63, 3.8) is 0 Å². The lowest BCUT2D eigenvalue weighted by Gasteiger charge is -2.30. The molecule has 0 aromatic carbocycles. The number of ether oxygens (including phenoxy) is 1. The van der Waals surface area contributed by atoms with Crippen molar-refractivity contribution in [3.05, 3.63) is 35.8 Å². The molecule has 40 heavy (non-hydrogen) atoms. The van der Waals surface area contributed by atoms with Crippen LogP contribution in [0.2, 0.25) is 0 Å². The lowest BCUT2D eigenvalue weighted by atomic mass is 9.97. The Kier molecular flexibility index (Phi) is 9.63. The van der Waals surface area contributed by atoms with Crippen LogP contribution in [0.3, 0.4) is 0 Å². The number of halogens is 1. The van der Waals surface area contributed by atoms with E-state index in [0.717, 1.165) is 19.3 Å². The van der Waals surface area contributed by atoms with E-state index in [-0.39, 0.29) is 22.5 Å². The molecule has 1 saturated heterocycles. The topological polar surface area (TPSA) is 109 Å². The fraction of sp³-hybridized carbons (Fsp3) is 0.483. The maximum absolute atomic E-state index is 14.2. The number of rotatable bonds is 5. The third-order valence-corrected chi connectivity index (χ3v) is 7.47. The largest absolute Gasteiger partial charge is 0.494 e. The average molecular weight is 567 g/mol. The molecule has 2 amide bonds. The van der Waals surface area contributed by atoms with Crippen molar-refractivity contribution >= 4 is 34.6 Å². The van der Waals surface area contributed by atoms with Gasteiger partial charge in [0.2, 0.25) is 5.91 Å². The number of carbonyl (C=O) groups is 2. The fourth-order valence-electron chi connectivity index (χ4n) is 4.26. The Bertz CT molecular complexity index is 1350. The minimum Gasteiger partial charge on any atom is -0.494 e. The van der Waals surface area contributed by atoms with E-state index in [4.69, 9.17) is 4.74 Å². The van der Waals surface area contributed by atoms with Crippen molar-refractivity contribution in [2.24, 2.45) is 16.9 Å². The van der Waals surface area contributed by atoms with Crippen molar-refractivity contribution in [1.29, 1.82) is 0 Å². The maximum atomic E-state index is 14.2. The first kappa shape index (κ1) is 29.3. The molecule has 0 bridgehead atoms. The van der Waals surface area contributed by atoms with Gasteiger partial charge in [-0.15, -0.1) is 0 Å². The van der Waals surface area contributed by atoms with Crippen LogP contribution in [0.5, 0.6) is 5.75 Å². The molecule has 2 aromatic rings. The third kappa shape index (κ3) is 6.91. The SMILES string of the molecule is CC.COc1cnc(C(C)F)cc1-c1cc(N2CC(C)CCC2=O)ncc1C(=O)NC1=NNC(C#CC2CC2)S1. The smallest absolute Gasteiger partial charge is 0.259 e. The number of amidine groups is 1. The van der Waals surface area contributed by atoms with Gasteiger partial charge in [0.25, 0.3) is 5.91 Å². The van der Waals surface area contributed by atoms with Crippen LogP contribution in [0.1, 0.15) is 75.6 Å². The van der Waals surface area contributed by atoms with E-state index in [9.17, 15) is 14.0 Å². The molecule has 212 valence electrons. The molecule has 0 spiro atoms. The quantitative estimate of drug-likeness (QED) is 0.488. The highest BCUT2D eigenvalue weighted by molar-refractivity contribution is 8.14. The molecule has 2 aliphatic heterocycles. The standard InChI is InChI=1S/C27H29FN6O3S.C2H6/c1-15-4-9-25(35)34(14-15)23-11-18(19-10-21(16(2)28)29-13-22(19)37-3)20(12-30-23)26(36)31-27-33-32-24(38-27)8-7-17-5-6-17;1-2/h10-13,15-17,24,32H,4-6,9,14H2,1-3H3,(H,31,33,36);1-2H3. The van der Waals surface area contributed by atoms with E-state index >= 15 is 0 Å². The number of nitrogens with one attached hydrogen (secondary N) is 2. The van der Waals surface area contributed by atoms with E-state index in [2.05, 4.69) is 44.6 Å². The third-order valence-electron chi connectivity index (χ3n) is 6.59. The number of hydrazone groups is 1. The lowest BCUT2D eigenvalue weighted by molar-refractivity contribution is -0.120. The van der Waals surface area contributed by atoms with Gasteiger partial charge in [-0.1, -0.05) is 32.6 Å². The van der Waals surface area contributed by atoms with Gasteiger partial charge in [-0.3, -0.25) is 30.2 Å². The van der Waals surface area contributed by atoms with Crippen molar-refractivity contribution in [1.82, 2.24) is 20.7 Å². The predicted molar refractivity (Wildman–Crippen MR) is 156 cm³/mol. The fourth-order valence-corrected chi connectivity index (χ4v) is 4.98. The predicted octanol–water partition coefficient (Wildman–Crippen LogP) is 5.05. The first-order valence-electron chi connectivity index (χ1n) is 13.6. The molecule has 2 fully saturated rings. The lowest BCUT2D eigenvalue weighted by Crippen LogP contribution is -2.39. The van der Waals surface area contributed by atoms with Gasteiger partial charge in [-0.25, -0.2) is 9.37 Å². The zero-order valence-corrected chi connectivity index (χ0v) is 24.3. The van der Waals surface area contributed by atoms with Gasteiger partial charge in [-0.2, -0.15) is 5.10 Å². The normalized spacial score (nSPS) is 20.7. The molecular weight excluding hydrogens is 531 g/mol. The van der Waals surface area contributed by atoms with Crippen molar-refractivity contribution < 1.29 is 18.7 Å². The van der Waals surface area contributed by atoms with Crippen LogP contribution in [0.25, 0.3) is 11.1 Å². The van der Waals surface area contributed by atoms with Crippen LogP contribution < -0.4 is 20.4 Å². The number of carbonyl (C=O) groups excluding carboxylic acids is 2. The van der Waals surface area contributed by atoms with Gasteiger partial charge < -0.3 is 4.74 Å². The Balaban J connectivity index is 0.00000181. The van der Waals surface area contributed by atoms with Gasteiger partial charge in [-0.05, 0) is 56.0 Å². The number of anilines is 1. The number of hydrogen-bond acceptors (Lipinski definition) is 8. The molecule has 1 saturated carbocycles. The number of hydrogen-bond donors (Lipinski definition) is 2. The van der Waals surface area contributed by atoms with Crippen LogP contribution in [0.4, 0.5) is 10.2 Å². The molecule has 3 atom stereocenters. The minimum atomic E-state index is -1.33. The molecule has 9 nitrogen and oxygen atoms in total. The van der Waals surface area contributed by atoms with Gasteiger partial charge in [0.1, 0.15) is 17.7 Å². The van der Waals surface area contributed by atoms with E-state index in [1.807, 2.05) is 13.8 Å². The second kappa shape index (κ2) is 13.1. The molecule has 0 radical (unpaired) electrons. The van der Waals surface area contributed by atoms with Crippen molar-refractivity contribution in [2.75, 3.05) is 18.6 Å². The molecule has 2 N–H and O–H groups in total. The highest BCUT2D eigenvalue weighted by Crippen LogP contribution is 2.36. The second-order valence-corrected chi connectivity index (χ2v) is 10.8. The number of amides is 2. The van der Waals surface area contributed by atoms with Gasteiger partial charge >= 0.3 is 0 Å². The first-order valence-corrected chi connectivity index (χ1v) is 14.5. The van der Waals surface area contributed by atoms with E-state index in [1.54, 1.807) is 17.0 Å². The molecule has 1 aliphatic carbocycles. The number of alkyl halides is 1. The number of pyridine rings is 2. The van der Waals surface area contributed by atoms with Crippen LogP contribution >= 0.6 is 11.8 Å². The molecule has 3 aliphatic rings. The Morgan fingerprint density at radius 2 is 1.98 bits per heavy atom. The van der Waals surface area contributed by atoms with E-state index < -0.39 is 12.1 Å². The highest BCUT2D eigenvalue weighted by Gasteiger charge is 2.28. The Morgan fingerprint density at radius 1 is 1.20 bits per heavy atom. The summed E-state index contributed by atoms with van der Waals surface area (Å²) in [6, 6.07) is 3.24.